The number of imidazole rings is 1. The van der Waals surface area contributed by atoms with Crippen molar-refractivity contribution < 1.29 is 4.39 Å². The molecule has 0 bridgehead atoms. The first-order chi connectivity index (χ1) is 6.31. The molecule has 0 radical (unpaired) electrons. The molecule has 0 N–H and O–H groups in total. The van der Waals surface area contributed by atoms with Gasteiger partial charge in [0.2, 0.25) is 0 Å². The van der Waals surface area contributed by atoms with E-state index in [1.54, 1.807) is 12.4 Å². The Hall–Kier alpha value is -1.09. The highest BCUT2D eigenvalue weighted by atomic mass is 35.5. The van der Waals surface area contributed by atoms with Gasteiger partial charge in [0.15, 0.2) is 0 Å². The zero-order valence-corrected chi connectivity index (χ0v) is 7.63. The van der Waals surface area contributed by atoms with Gasteiger partial charge >= 0.3 is 0 Å². The lowest BCUT2D eigenvalue weighted by molar-refractivity contribution is 0.629. The van der Waals surface area contributed by atoms with Gasteiger partial charge in [0.1, 0.15) is 5.82 Å². The van der Waals surface area contributed by atoms with Gasteiger partial charge in [-0.15, -0.1) is 11.6 Å². The van der Waals surface area contributed by atoms with Crippen molar-refractivity contribution in [3.63, 3.8) is 0 Å². The average Bonchev–Trinajstić information content (AvgIpc) is 2.49. The first kappa shape index (κ1) is 8.51. The minimum atomic E-state index is -0.261. The Balaban J connectivity index is 2.55. The van der Waals surface area contributed by atoms with Crippen molar-refractivity contribution in [3.8, 4) is 0 Å². The van der Waals surface area contributed by atoms with Crippen LogP contribution in [0.3, 0.4) is 0 Å². The van der Waals surface area contributed by atoms with E-state index in [9.17, 15) is 4.39 Å². The molecule has 2 rings (SSSR count). The van der Waals surface area contributed by atoms with E-state index in [2.05, 4.69) is 4.98 Å². The standard InChI is InChI=1S/C9H8ClFN2/c10-3-4-13-6-12-8-5-7(11)1-2-9(8)13/h1-2,5-6H,3-4H2. The highest BCUT2D eigenvalue weighted by molar-refractivity contribution is 6.17. The van der Waals surface area contributed by atoms with Crippen LogP contribution in [0.1, 0.15) is 0 Å². The normalized spacial score (nSPS) is 10.9. The molecule has 2 nitrogen and oxygen atoms in total. The quantitative estimate of drug-likeness (QED) is 0.678. The third-order valence-electron chi connectivity index (χ3n) is 1.91. The third-order valence-corrected chi connectivity index (χ3v) is 2.08. The van der Waals surface area contributed by atoms with Crippen LogP contribution in [-0.4, -0.2) is 15.4 Å². The number of aryl methyl sites for hydroxylation is 1. The van der Waals surface area contributed by atoms with E-state index in [-0.39, 0.29) is 5.82 Å². The number of hydrogen-bond acceptors (Lipinski definition) is 1. The molecule has 0 unspecified atom stereocenters. The van der Waals surface area contributed by atoms with Gasteiger partial charge in [0.25, 0.3) is 0 Å². The van der Waals surface area contributed by atoms with Crippen molar-refractivity contribution in [3.05, 3.63) is 30.3 Å². The Morgan fingerprint density at radius 3 is 3.08 bits per heavy atom. The average molecular weight is 199 g/mol. The molecule has 1 aromatic heterocycles. The Labute approximate surface area is 80.0 Å². The summed E-state index contributed by atoms with van der Waals surface area (Å²) in [6, 6.07) is 4.55. The van der Waals surface area contributed by atoms with Crippen LogP contribution in [0, 0.1) is 5.82 Å². The van der Waals surface area contributed by atoms with Crippen molar-refractivity contribution in [1.82, 2.24) is 9.55 Å². The maximum absolute atomic E-state index is 12.8. The second-order valence-electron chi connectivity index (χ2n) is 2.76. The summed E-state index contributed by atoms with van der Waals surface area (Å²) in [4.78, 5) is 4.06. The second kappa shape index (κ2) is 3.34. The molecule has 0 aliphatic heterocycles. The van der Waals surface area contributed by atoms with Gasteiger partial charge < -0.3 is 4.57 Å². The van der Waals surface area contributed by atoms with Crippen LogP contribution < -0.4 is 0 Å². The first-order valence-corrected chi connectivity index (χ1v) is 4.51. The van der Waals surface area contributed by atoms with E-state index >= 15 is 0 Å². The highest BCUT2D eigenvalue weighted by Crippen LogP contribution is 2.13. The van der Waals surface area contributed by atoms with E-state index in [1.807, 2.05) is 4.57 Å². The fraction of sp³-hybridized carbons (Fsp3) is 0.222. The predicted octanol–water partition coefficient (Wildman–Crippen LogP) is 2.41. The molecule has 0 saturated heterocycles. The number of hydrogen-bond donors (Lipinski definition) is 0. The lowest BCUT2D eigenvalue weighted by atomic mass is 10.3. The molecular weight excluding hydrogens is 191 g/mol. The smallest absolute Gasteiger partial charge is 0.125 e. The summed E-state index contributed by atoms with van der Waals surface area (Å²) >= 11 is 5.60. The number of aromatic nitrogens is 2. The van der Waals surface area contributed by atoms with Crippen molar-refractivity contribution in [2.45, 2.75) is 6.54 Å². The van der Waals surface area contributed by atoms with Crippen molar-refractivity contribution in [2.75, 3.05) is 5.88 Å². The minimum absolute atomic E-state index is 0.261. The van der Waals surface area contributed by atoms with Crippen molar-refractivity contribution in [1.29, 1.82) is 0 Å². The molecular formula is C9H8ClFN2. The summed E-state index contributed by atoms with van der Waals surface area (Å²) in [5.74, 6) is 0.270. The predicted molar refractivity (Wildman–Crippen MR) is 50.4 cm³/mol. The second-order valence-corrected chi connectivity index (χ2v) is 3.14. The lowest BCUT2D eigenvalue weighted by Crippen LogP contribution is -1.96. The summed E-state index contributed by atoms with van der Waals surface area (Å²) in [6.45, 7) is 0.698. The van der Waals surface area contributed by atoms with Crippen LogP contribution in [0.15, 0.2) is 24.5 Å². The minimum Gasteiger partial charge on any atom is -0.329 e. The number of fused-ring (bicyclic) bond motifs is 1. The molecule has 1 heterocycles. The maximum atomic E-state index is 12.8. The van der Waals surface area contributed by atoms with E-state index in [4.69, 9.17) is 11.6 Å². The molecule has 1 aromatic carbocycles. The summed E-state index contributed by atoms with van der Waals surface area (Å²) in [7, 11) is 0. The summed E-state index contributed by atoms with van der Waals surface area (Å²) in [5.41, 5.74) is 1.59. The largest absolute Gasteiger partial charge is 0.329 e. The molecule has 0 atom stereocenters. The number of alkyl halides is 1. The number of nitrogens with zero attached hydrogens (tertiary/aromatic N) is 2. The zero-order chi connectivity index (χ0) is 9.26. The molecule has 0 spiro atoms. The van der Waals surface area contributed by atoms with Crippen LogP contribution in [0.2, 0.25) is 0 Å². The van der Waals surface area contributed by atoms with Gasteiger partial charge in [0.05, 0.1) is 17.4 Å². The number of benzene rings is 1. The summed E-state index contributed by atoms with van der Waals surface area (Å²) in [5, 5.41) is 0. The van der Waals surface area contributed by atoms with Gasteiger partial charge in [-0.25, -0.2) is 9.37 Å². The van der Waals surface area contributed by atoms with Crippen LogP contribution in [-0.2, 0) is 6.54 Å². The van der Waals surface area contributed by atoms with Gasteiger partial charge in [-0.1, -0.05) is 0 Å². The van der Waals surface area contributed by atoms with Crippen molar-refractivity contribution in [2.24, 2.45) is 0 Å². The van der Waals surface area contributed by atoms with Crippen LogP contribution in [0.5, 0.6) is 0 Å². The van der Waals surface area contributed by atoms with Crippen LogP contribution in [0.4, 0.5) is 4.39 Å². The van der Waals surface area contributed by atoms with Gasteiger partial charge in [-0.3, -0.25) is 0 Å². The SMILES string of the molecule is Fc1ccc2c(c1)ncn2CCCl. The van der Waals surface area contributed by atoms with Gasteiger partial charge in [-0.05, 0) is 12.1 Å². The van der Waals surface area contributed by atoms with Crippen molar-refractivity contribution >= 4 is 22.6 Å². The molecule has 0 saturated carbocycles. The van der Waals surface area contributed by atoms with Crippen LogP contribution in [0.25, 0.3) is 11.0 Å². The molecule has 68 valence electrons. The lowest BCUT2D eigenvalue weighted by Gasteiger charge is -1.99. The van der Waals surface area contributed by atoms with Gasteiger partial charge in [-0.2, -0.15) is 0 Å². The first-order valence-electron chi connectivity index (χ1n) is 3.97. The Bertz CT molecular complexity index is 424. The van der Waals surface area contributed by atoms with E-state index < -0.39 is 0 Å². The fourth-order valence-corrected chi connectivity index (χ4v) is 1.49. The Kier molecular flexibility index (Phi) is 2.19. The molecule has 0 aliphatic carbocycles. The monoisotopic (exact) mass is 198 g/mol. The highest BCUT2D eigenvalue weighted by Gasteiger charge is 2.02. The molecule has 4 heteroatoms. The summed E-state index contributed by atoms with van der Waals surface area (Å²) < 4.78 is 14.7. The molecule has 0 fully saturated rings. The zero-order valence-electron chi connectivity index (χ0n) is 6.87. The molecule has 0 aliphatic rings. The topological polar surface area (TPSA) is 17.8 Å². The molecule has 13 heavy (non-hydrogen) atoms. The van der Waals surface area contributed by atoms with E-state index in [0.717, 1.165) is 5.52 Å². The Morgan fingerprint density at radius 1 is 1.46 bits per heavy atom. The Morgan fingerprint density at radius 2 is 2.31 bits per heavy atom. The summed E-state index contributed by atoms with van der Waals surface area (Å²) in [6.07, 6.45) is 1.67. The molecule has 0 amide bonds. The number of rotatable bonds is 2. The van der Waals surface area contributed by atoms with E-state index in [1.165, 1.54) is 12.1 Å². The molecule has 2 aromatic rings. The van der Waals surface area contributed by atoms with Crippen LogP contribution >= 0.6 is 11.6 Å². The van der Waals surface area contributed by atoms with Gasteiger partial charge in [0, 0.05) is 18.5 Å². The fourth-order valence-electron chi connectivity index (χ4n) is 1.31. The van der Waals surface area contributed by atoms with E-state index in [0.29, 0.717) is 17.9 Å². The third kappa shape index (κ3) is 1.52. The number of halogens is 2. The maximum Gasteiger partial charge on any atom is 0.125 e.